The Labute approximate surface area is 96.4 Å². The number of benzene rings is 1. The average molecular weight is 236 g/mol. The van der Waals surface area contributed by atoms with Gasteiger partial charge in [-0.2, -0.15) is 4.98 Å². The molecule has 0 atom stereocenters. The Kier molecular flexibility index (Phi) is 3.36. The fourth-order valence-corrected chi connectivity index (χ4v) is 1.97. The quantitative estimate of drug-likeness (QED) is 0.657. The third-order valence-corrected chi connectivity index (χ3v) is 2.84. The third kappa shape index (κ3) is 2.70. The maximum absolute atomic E-state index is 13.3. The minimum Gasteiger partial charge on any atom is -0.493 e. The van der Waals surface area contributed by atoms with Crippen molar-refractivity contribution in [3.8, 4) is 5.88 Å². The number of halogens is 1. The van der Waals surface area contributed by atoms with Crippen molar-refractivity contribution >= 4 is 11.8 Å². The second kappa shape index (κ2) is 4.94. The molecule has 82 valence electrons. The highest BCUT2D eigenvalue weighted by Gasteiger charge is 2.03. The first-order valence-corrected chi connectivity index (χ1v) is 5.62. The predicted molar refractivity (Wildman–Crippen MR) is 59.7 cm³/mol. The lowest BCUT2D eigenvalue weighted by molar-refractivity contribution is 0.445. The van der Waals surface area contributed by atoms with Crippen LogP contribution in [0.25, 0.3) is 0 Å². The lowest BCUT2D eigenvalue weighted by Gasteiger charge is -2.01. The van der Waals surface area contributed by atoms with Crippen LogP contribution in [0, 0.1) is 5.82 Å². The summed E-state index contributed by atoms with van der Waals surface area (Å²) in [7, 11) is 0. The normalized spacial score (nSPS) is 10.3. The Balaban J connectivity index is 2.05. The van der Waals surface area contributed by atoms with Gasteiger partial charge in [-0.3, -0.25) is 0 Å². The molecule has 0 aliphatic heterocycles. The fraction of sp³-hybridized carbons (Fsp3) is 0.0909. The Morgan fingerprint density at radius 2 is 2.06 bits per heavy atom. The molecule has 0 unspecified atom stereocenters. The van der Waals surface area contributed by atoms with E-state index in [-0.39, 0.29) is 11.7 Å². The monoisotopic (exact) mass is 236 g/mol. The number of aromatic hydroxyl groups is 1. The zero-order valence-corrected chi connectivity index (χ0v) is 9.12. The van der Waals surface area contributed by atoms with E-state index in [1.165, 1.54) is 30.1 Å². The van der Waals surface area contributed by atoms with Gasteiger partial charge >= 0.3 is 0 Å². The van der Waals surface area contributed by atoms with Gasteiger partial charge in [-0.25, -0.2) is 9.37 Å². The minimum absolute atomic E-state index is 0.0777. The minimum atomic E-state index is -0.241. The molecule has 1 N–H and O–H groups in total. The van der Waals surface area contributed by atoms with E-state index in [0.717, 1.165) is 0 Å². The second-order valence-corrected chi connectivity index (χ2v) is 4.02. The topological polar surface area (TPSA) is 46.0 Å². The number of aromatic nitrogens is 2. The van der Waals surface area contributed by atoms with E-state index in [0.29, 0.717) is 16.5 Å². The molecule has 0 aliphatic carbocycles. The molecular formula is C11H9FN2OS. The summed E-state index contributed by atoms with van der Waals surface area (Å²) >= 11 is 1.28. The number of hydrogen-bond donors (Lipinski definition) is 1. The van der Waals surface area contributed by atoms with Gasteiger partial charge in [-0.15, -0.1) is 0 Å². The first-order chi connectivity index (χ1) is 7.75. The summed E-state index contributed by atoms with van der Waals surface area (Å²) in [5, 5.41) is 9.56. The van der Waals surface area contributed by atoms with E-state index in [2.05, 4.69) is 9.97 Å². The first-order valence-electron chi connectivity index (χ1n) is 4.64. The maximum Gasteiger partial charge on any atom is 0.214 e. The van der Waals surface area contributed by atoms with E-state index in [1.54, 1.807) is 18.2 Å². The zero-order chi connectivity index (χ0) is 11.4. The lowest BCUT2D eigenvalue weighted by Crippen LogP contribution is -1.89. The standard InChI is InChI=1S/C11H9FN2OS/c12-9-4-2-1-3-8(9)7-16-11-13-6-5-10(15)14-11/h1-6H,7H2,(H,13,14,15). The SMILES string of the molecule is Oc1ccnc(SCc2ccccc2F)n1. The van der Waals surface area contributed by atoms with Crippen LogP contribution >= 0.6 is 11.8 Å². The second-order valence-electron chi connectivity index (χ2n) is 3.08. The molecule has 2 aromatic rings. The summed E-state index contributed by atoms with van der Waals surface area (Å²) in [5.74, 6) is 0.122. The van der Waals surface area contributed by atoms with Crippen molar-refractivity contribution in [3.05, 3.63) is 47.9 Å². The van der Waals surface area contributed by atoms with Gasteiger partial charge in [0.2, 0.25) is 5.88 Å². The van der Waals surface area contributed by atoms with Crippen molar-refractivity contribution in [1.29, 1.82) is 0 Å². The van der Waals surface area contributed by atoms with Crippen LogP contribution in [0.4, 0.5) is 4.39 Å². The molecule has 0 radical (unpaired) electrons. The molecule has 16 heavy (non-hydrogen) atoms. The van der Waals surface area contributed by atoms with Crippen molar-refractivity contribution in [2.45, 2.75) is 10.9 Å². The number of hydrogen-bond acceptors (Lipinski definition) is 4. The Bertz CT molecular complexity index is 493. The van der Waals surface area contributed by atoms with Gasteiger partial charge in [0.25, 0.3) is 0 Å². The van der Waals surface area contributed by atoms with Crippen LogP contribution in [0.15, 0.2) is 41.7 Å². The summed E-state index contributed by atoms with van der Waals surface area (Å²) in [6, 6.07) is 7.95. The molecular weight excluding hydrogens is 227 g/mol. The van der Waals surface area contributed by atoms with Gasteiger partial charge in [0.05, 0.1) is 0 Å². The molecule has 0 fully saturated rings. The van der Waals surface area contributed by atoms with Crippen LogP contribution in [0.1, 0.15) is 5.56 Å². The van der Waals surface area contributed by atoms with Gasteiger partial charge in [0.1, 0.15) is 5.82 Å². The maximum atomic E-state index is 13.3. The van der Waals surface area contributed by atoms with Gasteiger partial charge in [0, 0.05) is 18.0 Å². The lowest BCUT2D eigenvalue weighted by atomic mass is 10.2. The van der Waals surface area contributed by atoms with E-state index >= 15 is 0 Å². The third-order valence-electron chi connectivity index (χ3n) is 1.93. The summed E-state index contributed by atoms with van der Waals surface area (Å²) in [6.45, 7) is 0. The van der Waals surface area contributed by atoms with E-state index in [4.69, 9.17) is 5.11 Å². The Morgan fingerprint density at radius 1 is 1.25 bits per heavy atom. The summed E-state index contributed by atoms with van der Waals surface area (Å²) in [4.78, 5) is 7.76. The van der Waals surface area contributed by atoms with Crippen LogP contribution < -0.4 is 0 Å². The Hall–Kier alpha value is -1.62. The molecule has 0 aliphatic rings. The smallest absolute Gasteiger partial charge is 0.214 e. The number of thioether (sulfide) groups is 1. The van der Waals surface area contributed by atoms with Gasteiger partial charge in [-0.05, 0) is 11.6 Å². The zero-order valence-electron chi connectivity index (χ0n) is 8.30. The molecule has 1 heterocycles. The largest absolute Gasteiger partial charge is 0.493 e. The molecule has 5 heteroatoms. The molecule has 1 aromatic heterocycles. The number of nitrogens with zero attached hydrogens (tertiary/aromatic N) is 2. The highest BCUT2D eigenvalue weighted by atomic mass is 32.2. The van der Waals surface area contributed by atoms with Crippen molar-refractivity contribution in [3.63, 3.8) is 0 Å². The Morgan fingerprint density at radius 3 is 2.81 bits per heavy atom. The first kappa shape index (κ1) is 10.9. The van der Waals surface area contributed by atoms with Crippen molar-refractivity contribution in [1.82, 2.24) is 9.97 Å². The molecule has 3 nitrogen and oxygen atoms in total. The van der Waals surface area contributed by atoms with Gasteiger partial charge in [-0.1, -0.05) is 30.0 Å². The van der Waals surface area contributed by atoms with Crippen molar-refractivity contribution in [2.75, 3.05) is 0 Å². The van der Waals surface area contributed by atoms with Crippen LogP contribution in [-0.4, -0.2) is 15.1 Å². The average Bonchev–Trinajstić information content (AvgIpc) is 2.28. The van der Waals surface area contributed by atoms with E-state index in [9.17, 15) is 4.39 Å². The summed E-state index contributed by atoms with van der Waals surface area (Å²) < 4.78 is 13.3. The number of rotatable bonds is 3. The van der Waals surface area contributed by atoms with Gasteiger partial charge in [0.15, 0.2) is 5.16 Å². The summed E-state index contributed by atoms with van der Waals surface area (Å²) in [6.07, 6.45) is 1.46. The van der Waals surface area contributed by atoms with Crippen LogP contribution in [0.5, 0.6) is 5.88 Å². The fourth-order valence-electron chi connectivity index (χ4n) is 1.16. The molecule has 0 amide bonds. The van der Waals surface area contributed by atoms with Crippen molar-refractivity contribution in [2.24, 2.45) is 0 Å². The molecule has 2 rings (SSSR count). The molecule has 0 saturated heterocycles. The predicted octanol–water partition coefficient (Wildman–Crippen LogP) is 2.61. The molecule has 0 spiro atoms. The molecule has 0 bridgehead atoms. The van der Waals surface area contributed by atoms with Crippen LogP contribution in [-0.2, 0) is 5.75 Å². The van der Waals surface area contributed by atoms with Crippen LogP contribution in [0.2, 0.25) is 0 Å². The highest BCUT2D eigenvalue weighted by molar-refractivity contribution is 7.98. The molecule has 1 aromatic carbocycles. The molecule has 0 saturated carbocycles. The summed E-state index contributed by atoms with van der Waals surface area (Å²) in [5.41, 5.74) is 0.597. The van der Waals surface area contributed by atoms with Gasteiger partial charge < -0.3 is 5.11 Å². The van der Waals surface area contributed by atoms with E-state index < -0.39 is 0 Å². The van der Waals surface area contributed by atoms with Crippen molar-refractivity contribution < 1.29 is 9.50 Å². The van der Waals surface area contributed by atoms with Crippen LogP contribution in [0.3, 0.4) is 0 Å². The highest BCUT2D eigenvalue weighted by Crippen LogP contribution is 2.21. The van der Waals surface area contributed by atoms with E-state index in [1.807, 2.05) is 0 Å².